The molecular formula is C18H23N3O. The molecule has 1 aromatic carbocycles. The van der Waals surface area contributed by atoms with Gasteiger partial charge in [0, 0.05) is 32.0 Å². The molecule has 2 heterocycles. The number of benzene rings is 1. The molecule has 1 aromatic heterocycles. The molecule has 1 aliphatic heterocycles. The van der Waals surface area contributed by atoms with Gasteiger partial charge < -0.3 is 9.47 Å². The predicted octanol–water partition coefficient (Wildman–Crippen LogP) is 3.34. The topological polar surface area (TPSA) is 38.1 Å². The fourth-order valence-corrected chi connectivity index (χ4v) is 3.24. The minimum Gasteiger partial charge on any atom is -0.342 e. The Morgan fingerprint density at radius 3 is 3.00 bits per heavy atom. The molecule has 0 bridgehead atoms. The van der Waals surface area contributed by atoms with Gasteiger partial charge in [-0.1, -0.05) is 31.6 Å². The quantitative estimate of drug-likeness (QED) is 0.767. The standard InChI is InChI=1S/C18H23N3O/c1-3-5-11-20-13-14(12-17(20)22)18-19-15-8-6-7-9-16(15)21(18)10-4-2/h4,6-9,14H,2-3,5,10-13H2,1H3/t14-/m1/s1. The highest BCUT2D eigenvalue weighted by Gasteiger charge is 2.33. The number of nitrogens with zero attached hydrogens (tertiary/aromatic N) is 3. The average Bonchev–Trinajstić information content (AvgIpc) is 3.07. The molecule has 1 amide bonds. The Bertz CT molecular complexity index is 689. The monoisotopic (exact) mass is 297 g/mol. The average molecular weight is 297 g/mol. The van der Waals surface area contributed by atoms with Crippen LogP contribution in [0.1, 0.15) is 37.9 Å². The smallest absolute Gasteiger partial charge is 0.223 e. The van der Waals surface area contributed by atoms with E-state index < -0.39 is 0 Å². The number of hydrogen-bond acceptors (Lipinski definition) is 2. The summed E-state index contributed by atoms with van der Waals surface area (Å²) in [6, 6.07) is 8.15. The highest BCUT2D eigenvalue weighted by atomic mass is 16.2. The van der Waals surface area contributed by atoms with Crippen LogP contribution in [0.4, 0.5) is 0 Å². The Balaban J connectivity index is 1.91. The number of hydrogen-bond donors (Lipinski definition) is 0. The predicted molar refractivity (Wildman–Crippen MR) is 88.8 cm³/mol. The van der Waals surface area contributed by atoms with E-state index in [-0.39, 0.29) is 11.8 Å². The lowest BCUT2D eigenvalue weighted by atomic mass is 10.1. The second-order valence-electron chi connectivity index (χ2n) is 5.95. The van der Waals surface area contributed by atoms with Crippen LogP contribution in [0.25, 0.3) is 11.0 Å². The van der Waals surface area contributed by atoms with E-state index in [1.807, 2.05) is 29.2 Å². The first-order valence-corrected chi connectivity index (χ1v) is 8.08. The van der Waals surface area contributed by atoms with Crippen LogP contribution >= 0.6 is 0 Å². The zero-order valence-electron chi connectivity index (χ0n) is 13.2. The van der Waals surface area contributed by atoms with Gasteiger partial charge in [0.15, 0.2) is 0 Å². The van der Waals surface area contributed by atoms with Gasteiger partial charge in [-0.2, -0.15) is 0 Å². The third kappa shape index (κ3) is 2.65. The number of fused-ring (bicyclic) bond motifs is 1. The molecule has 0 saturated carbocycles. The van der Waals surface area contributed by atoms with Crippen LogP contribution in [-0.4, -0.2) is 33.4 Å². The van der Waals surface area contributed by atoms with Crippen LogP contribution in [-0.2, 0) is 11.3 Å². The van der Waals surface area contributed by atoms with E-state index >= 15 is 0 Å². The first kappa shape index (κ1) is 14.8. The van der Waals surface area contributed by atoms with Crippen molar-refractivity contribution >= 4 is 16.9 Å². The van der Waals surface area contributed by atoms with Crippen molar-refractivity contribution in [3.63, 3.8) is 0 Å². The molecule has 1 atom stereocenters. The van der Waals surface area contributed by atoms with E-state index in [0.717, 1.165) is 49.3 Å². The zero-order chi connectivity index (χ0) is 15.5. The minimum absolute atomic E-state index is 0.191. The van der Waals surface area contributed by atoms with Gasteiger partial charge in [0.05, 0.1) is 11.0 Å². The Kier molecular flexibility index (Phi) is 4.27. The summed E-state index contributed by atoms with van der Waals surface area (Å²) in [6.45, 7) is 8.40. The molecule has 0 N–H and O–H groups in total. The largest absolute Gasteiger partial charge is 0.342 e. The van der Waals surface area contributed by atoms with Gasteiger partial charge in [-0.3, -0.25) is 4.79 Å². The lowest BCUT2D eigenvalue weighted by molar-refractivity contribution is -0.127. The normalized spacial score (nSPS) is 18.3. The third-order valence-electron chi connectivity index (χ3n) is 4.36. The van der Waals surface area contributed by atoms with E-state index in [1.165, 1.54) is 0 Å². The Morgan fingerprint density at radius 2 is 2.23 bits per heavy atom. The summed E-state index contributed by atoms with van der Waals surface area (Å²) >= 11 is 0. The van der Waals surface area contributed by atoms with Gasteiger partial charge in [0.2, 0.25) is 5.91 Å². The van der Waals surface area contributed by atoms with Crippen LogP contribution in [0.5, 0.6) is 0 Å². The van der Waals surface area contributed by atoms with E-state index in [2.05, 4.69) is 24.1 Å². The fraction of sp³-hybridized carbons (Fsp3) is 0.444. The molecule has 1 saturated heterocycles. The number of rotatable bonds is 6. The molecule has 116 valence electrons. The van der Waals surface area contributed by atoms with Gasteiger partial charge in [-0.15, -0.1) is 6.58 Å². The third-order valence-corrected chi connectivity index (χ3v) is 4.36. The summed E-state index contributed by atoms with van der Waals surface area (Å²) in [4.78, 5) is 19.0. The lowest BCUT2D eigenvalue weighted by Crippen LogP contribution is -2.26. The highest BCUT2D eigenvalue weighted by Crippen LogP contribution is 2.30. The molecule has 22 heavy (non-hydrogen) atoms. The van der Waals surface area contributed by atoms with Crippen LogP contribution in [0.2, 0.25) is 0 Å². The van der Waals surface area contributed by atoms with Crippen molar-refractivity contribution in [2.75, 3.05) is 13.1 Å². The van der Waals surface area contributed by atoms with Crippen molar-refractivity contribution in [2.24, 2.45) is 0 Å². The van der Waals surface area contributed by atoms with Gasteiger partial charge in [0.25, 0.3) is 0 Å². The van der Waals surface area contributed by atoms with E-state index in [0.29, 0.717) is 6.42 Å². The van der Waals surface area contributed by atoms with Crippen LogP contribution in [0.3, 0.4) is 0 Å². The molecular weight excluding hydrogens is 274 g/mol. The Labute approximate surface area is 131 Å². The van der Waals surface area contributed by atoms with Gasteiger partial charge >= 0.3 is 0 Å². The summed E-state index contributed by atoms with van der Waals surface area (Å²) in [6.07, 6.45) is 4.65. The van der Waals surface area contributed by atoms with Crippen molar-refractivity contribution in [2.45, 2.75) is 38.6 Å². The lowest BCUT2D eigenvalue weighted by Gasteiger charge is -2.16. The molecule has 0 radical (unpaired) electrons. The summed E-state index contributed by atoms with van der Waals surface area (Å²) in [5.74, 6) is 1.47. The van der Waals surface area contributed by atoms with Crippen molar-refractivity contribution in [1.82, 2.24) is 14.5 Å². The molecule has 2 aromatic rings. The number of para-hydroxylation sites is 2. The molecule has 1 fully saturated rings. The highest BCUT2D eigenvalue weighted by molar-refractivity contribution is 5.80. The van der Waals surface area contributed by atoms with Crippen molar-refractivity contribution < 1.29 is 4.79 Å². The fourth-order valence-electron chi connectivity index (χ4n) is 3.24. The first-order valence-electron chi connectivity index (χ1n) is 8.08. The van der Waals surface area contributed by atoms with Crippen LogP contribution in [0.15, 0.2) is 36.9 Å². The second-order valence-corrected chi connectivity index (χ2v) is 5.95. The van der Waals surface area contributed by atoms with Crippen molar-refractivity contribution in [3.05, 3.63) is 42.7 Å². The summed E-state index contributed by atoms with van der Waals surface area (Å²) in [7, 11) is 0. The number of imidazole rings is 1. The van der Waals surface area contributed by atoms with Gasteiger partial charge in [-0.25, -0.2) is 4.98 Å². The zero-order valence-corrected chi connectivity index (χ0v) is 13.2. The summed E-state index contributed by atoms with van der Waals surface area (Å²) in [5, 5.41) is 0. The number of carbonyl (C=O) groups is 1. The number of aromatic nitrogens is 2. The number of likely N-dealkylation sites (tertiary alicyclic amines) is 1. The Hall–Kier alpha value is -2.10. The maximum absolute atomic E-state index is 12.2. The van der Waals surface area contributed by atoms with Crippen molar-refractivity contribution in [3.8, 4) is 0 Å². The van der Waals surface area contributed by atoms with E-state index in [1.54, 1.807) is 0 Å². The van der Waals surface area contributed by atoms with E-state index in [4.69, 9.17) is 4.98 Å². The number of allylic oxidation sites excluding steroid dienone is 1. The maximum Gasteiger partial charge on any atom is 0.223 e. The van der Waals surface area contributed by atoms with Crippen molar-refractivity contribution in [1.29, 1.82) is 0 Å². The molecule has 1 aliphatic rings. The summed E-state index contributed by atoms with van der Waals surface area (Å²) < 4.78 is 2.20. The number of amides is 1. The van der Waals surface area contributed by atoms with Crippen LogP contribution in [0, 0.1) is 0 Å². The van der Waals surface area contributed by atoms with E-state index in [9.17, 15) is 4.79 Å². The molecule has 4 heteroatoms. The second kappa shape index (κ2) is 6.34. The Morgan fingerprint density at radius 1 is 1.41 bits per heavy atom. The summed E-state index contributed by atoms with van der Waals surface area (Å²) in [5.41, 5.74) is 2.12. The molecule has 4 nitrogen and oxygen atoms in total. The van der Waals surface area contributed by atoms with Gasteiger partial charge in [-0.05, 0) is 18.6 Å². The SMILES string of the molecule is C=CCn1c([C@@H]2CC(=O)N(CCCC)C2)nc2ccccc21. The van der Waals surface area contributed by atoms with Gasteiger partial charge in [0.1, 0.15) is 5.82 Å². The molecule has 0 unspecified atom stereocenters. The molecule has 3 rings (SSSR count). The molecule has 0 aliphatic carbocycles. The van der Waals surface area contributed by atoms with Crippen LogP contribution < -0.4 is 0 Å². The number of unbranched alkanes of at least 4 members (excludes halogenated alkanes) is 1. The maximum atomic E-state index is 12.2. The molecule has 0 spiro atoms. The minimum atomic E-state index is 0.191. The first-order chi connectivity index (χ1) is 10.7. The number of carbonyl (C=O) groups excluding carboxylic acids is 1.